The predicted molar refractivity (Wildman–Crippen MR) is 111 cm³/mol. The average Bonchev–Trinajstić information content (AvgIpc) is 2.71. The first-order chi connectivity index (χ1) is 13.5. The van der Waals surface area contributed by atoms with Gasteiger partial charge in [0.1, 0.15) is 5.75 Å². The highest BCUT2D eigenvalue weighted by Crippen LogP contribution is 2.20. The zero-order valence-electron chi connectivity index (χ0n) is 16.1. The molecule has 0 heterocycles. The van der Waals surface area contributed by atoms with Crippen LogP contribution in [-0.4, -0.2) is 18.9 Å². The van der Waals surface area contributed by atoms with E-state index in [2.05, 4.69) is 10.6 Å². The highest BCUT2D eigenvalue weighted by atomic mass is 16.5. The number of amides is 2. The third-order valence-corrected chi connectivity index (χ3v) is 4.57. The van der Waals surface area contributed by atoms with Gasteiger partial charge in [-0.25, -0.2) is 0 Å². The molecule has 0 aromatic heterocycles. The molecule has 142 valence electrons. The fourth-order valence-electron chi connectivity index (χ4n) is 2.79. The van der Waals surface area contributed by atoms with Crippen molar-refractivity contribution in [1.82, 2.24) is 0 Å². The molecular weight excluding hydrogens is 352 g/mol. The molecule has 0 fully saturated rings. The molecule has 0 atom stereocenters. The van der Waals surface area contributed by atoms with Crippen molar-refractivity contribution in [2.75, 3.05) is 17.7 Å². The number of nitrogens with one attached hydrogen (secondary N) is 2. The second-order valence-corrected chi connectivity index (χ2v) is 6.47. The highest BCUT2D eigenvalue weighted by Gasteiger charge is 2.12. The smallest absolute Gasteiger partial charge is 0.255 e. The van der Waals surface area contributed by atoms with Crippen LogP contribution in [0.5, 0.6) is 5.75 Å². The van der Waals surface area contributed by atoms with E-state index in [9.17, 15) is 9.59 Å². The SMILES string of the molecule is COc1cccc(NC(=O)c2cccc(C(=O)Nc3cccc(C)c3C)c2)c1. The van der Waals surface area contributed by atoms with Gasteiger partial charge in [-0.1, -0.05) is 24.3 Å². The van der Waals surface area contributed by atoms with E-state index in [1.165, 1.54) is 0 Å². The molecule has 2 N–H and O–H groups in total. The summed E-state index contributed by atoms with van der Waals surface area (Å²) in [5, 5.41) is 5.73. The van der Waals surface area contributed by atoms with Gasteiger partial charge in [0, 0.05) is 28.6 Å². The molecule has 0 saturated heterocycles. The van der Waals surface area contributed by atoms with E-state index in [0.29, 0.717) is 22.6 Å². The number of carbonyl (C=O) groups excluding carboxylic acids is 2. The number of rotatable bonds is 5. The molecule has 5 heteroatoms. The molecule has 0 aliphatic carbocycles. The summed E-state index contributed by atoms with van der Waals surface area (Å²) in [6.07, 6.45) is 0. The summed E-state index contributed by atoms with van der Waals surface area (Å²) in [6.45, 7) is 3.96. The molecule has 0 saturated carbocycles. The van der Waals surface area contributed by atoms with Crippen LogP contribution in [0.4, 0.5) is 11.4 Å². The van der Waals surface area contributed by atoms with E-state index >= 15 is 0 Å². The van der Waals surface area contributed by atoms with Crippen LogP contribution in [0.15, 0.2) is 66.7 Å². The fraction of sp³-hybridized carbons (Fsp3) is 0.130. The normalized spacial score (nSPS) is 10.2. The summed E-state index contributed by atoms with van der Waals surface area (Å²) in [7, 11) is 1.57. The quantitative estimate of drug-likeness (QED) is 0.673. The van der Waals surface area contributed by atoms with Crippen molar-refractivity contribution < 1.29 is 14.3 Å². The number of benzene rings is 3. The highest BCUT2D eigenvalue weighted by molar-refractivity contribution is 6.09. The van der Waals surface area contributed by atoms with Crippen molar-refractivity contribution in [3.05, 3.63) is 89.0 Å². The number of ether oxygens (including phenoxy) is 1. The van der Waals surface area contributed by atoms with Crippen LogP contribution in [0.3, 0.4) is 0 Å². The van der Waals surface area contributed by atoms with Crippen molar-refractivity contribution in [3.8, 4) is 5.75 Å². The van der Waals surface area contributed by atoms with Crippen LogP contribution in [0, 0.1) is 13.8 Å². The van der Waals surface area contributed by atoms with Crippen molar-refractivity contribution >= 4 is 23.2 Å². The Balaban J connectivity index is 1.76. The summed E-state index contributed by atoms with van der Waals surface area (Å²) in [6, 6.07) is 19.5. The zero-order chi connectivity index (χ0) is 20.1. The standard InChI is InChI=1S/C23H22N2O3/c1-15-7-4-12-21(16(15)2)25-23(27)18-9-5-8-17(13-18)22(26)24-19-10-6-11-20(14-19)28-3/h4-14H,1-3H3,(H,24,26)(H,25,27). The van der Waals surface area contributed by atoms with Gasteiger partial charge in [-0.2, -0.15) is 0 Å². The fourth-order valence-corrected chi connectivity index (χ4v) is 2.79. The van der Waals surface area contributed by atoms with Gasteiger partial charge in [0.05, 0.1) is 7.11 Å². The second kappa shape index (κ2) is 8.39. The minimum atomic E-state index is -0.297. The van der Waals surface area contributed by atoms with E-state index in [0.717, 1.165) is 16.8 Å². The lowest BCUT2D eigenvalue weighted by Crippen LogP contribution is -2.16. The number of hydrogen-bond donors (Lipinski definition) is 2. The van der Waals surface area contributed by atoms with Crippen molar-refractivity contribution in [2.24, 2.45) is 0 Å². The minimum absolute atomic E-state index is 0.260. The molecule has 3 rings (SSSR count). The Bertz CT molecular complexity index is 1030. The maximum Gasteiger partial charge on any atom is 0.255 e. The zero-order valence-corrected chi connectivity index (χ0v) is 16.1. The monoisotopic (exact) mass is 374 g/mol. The van der Waals surface area contributed by atoms with E-state index in [1.54, 1.807) is 55.6 Å². The lowest BCUT2D eigenvalue weighted by molar-refractivity contribution is 0.102. The molecule has 5 nitrogen and oxygen atoms in total. The first kappa shape index (κ1) is 19.2. The average molecular weight is 374 g/mol. The van der Waals surface area contributed by atoms with Gasteiger partial charge in [0.15, 0.2) is 0 Å². The van der Waals surface area contributed by atoms with E-state index in [1.807, 2.05) is 32.0 Å². The number of carbonyl (C=O) groups is 2. The Morgan fingerprint density at radius 3 is 2.14 bits per heavy atom. The summed E-state index contributed by atoms with van der Waals surface area (Å²) in [5.74, 6) is 0.0961. The summed E-state index contributed by atoms with van der Waals surface area (Å²) >= 11 is 0. The van der Waals surface area contributed by atoms with Crippen LogP contribution < -0.4 is 15.4 Å². The van der Waals surface area contributed by atoms with E-state index in [4.69, 9.17) is 4.74 Å². The van der Waals surface area contributed by atoms with Crippen LogP contribution in [0.1, 0.15) is 31.8 Å². The molecule has 0 spiro atoms. The van der Waals surface area contributed by atoms with Crippen LogP contribution >= 0.6 is 0 Å². The molecule has 0 aliphatic heterocycles. The number of hydrogen-bond acceptors (Lipinski definition) is 3. The molecule has 0 bridgehead atoms. The van der Waals surface area contributed by atoms with Crippen molar-refractivity contribution in [1.29, 1.82) is 0 Å². The summed E-state index contributed by atoms with van der Waals surface area (Å²) in [5.41, 5.74) is 4.31. The van der Waals surface area contributed by atoms with Gasteiger partial charge in [-0.15, -0.1) is 0 Å². The van der Waals surface area contributed by atoms with Gasteiger partial charge in [0.2, 0.25) is 0 Å². The van der Waals surface area contributed by atoms with Crippen LogP contribution in [-0.2, 0) is 0 Å². The van der Waals surface area contributed by atoms with Gasteiger partial charge in [0.25, 0.3) is 11.8 Å². The number of anilines is 2. The maximum absolute atomic E-state index is 12.6. The molecule has 0 aliphatic rings. The van der Waals surface area contributed by atoms with Gasteiger partial charge < -0.3 is 15.4 Å². The number of aryl methyl sites for hydroxylation is 1. The van der Waals surface area contributed by atoms with E-state index in [-0.39, 0.29) is 11.8 Å². The third-order valence-electron chi connectivity index (χ3n) is 4.57. The maximum atomic E-state index is 12.6. The van der Waals surface area contributed by atoms with Crippen LogP contribution in [0.2, 0.25) is 0 Å². The molecule has 0 unspecified atom stereocenters. The predicted octanol–water partition coefficient (Wildman–Crippen LogP) is 4.82. The minimum Gasteiger partial charge on any atom is -0.497 e. The first-order valence-electron chi connectivity index (χ1n) is 8.91. The molecule has 3 aromatic carbocycles. The van der Waals surface area contributed by atoms with Crippen molar-refractivity contribution in [2.45, 2.75) is 13.8 Å². The Kier molecular flexibility index (Phi) is 5.75. The first-order valence-corrected chi connectivity index (χ1v) is 8.91. The molecular formula is C23H22N2O3. The topological polar surface area (TPSA) is 67.4 Å². The summed E-state index contributed by atoms with van der Waals surface area (Å²) in [4.78, 5) is 25.2. The largest absolute Gasteiger partial charge is 0.497 e. The van der Waals surface area contributed by atoms with Gasteiger partial charge in [-0.3, -0.25) is 9.59 Å². The lowest BCUT2D eigenvalue weighted by Gasteiger charge is -2.11. The Morgan fingerprint density at radius 2 is 1.43 bits per heavy atom. The lowest BCUT2D eigenvalue weighted by atomic mass is 10.1. The molecule has 3 aromatic rings. The molecule has 28 heavy (non-hydrogen) atoms. The second-order valence-electron chi connectivity index (χ2n) is 6.47. The Hall–Kier alpha value is -3.60. The van der Waals surface area contributed by atoms with Gasteiger partial charge >= 0.3 is 0 Å². The van der Waals surface area contributed by atoms with Crippen LogP contribution in [0.25, 0.3) is 0 Å². The third kappa shape index (κ3) is 4.38. The van der Waals surface area contributed by atoms with Gasteiger partial charge in [-0.05, 0) is 61.4 Å². The molecule has 0 radical (unpaired) electrons. The summed E-state index contributed by atoms with van der Waals surface area (Å²) < 4.78 is 5.16. The Labute approximate surface area is 164 Å². The Morgan fingerprint density at radius 1 is 0.786 bits per heavy atom. The number of methoxy groups -OCH3 is 1. The molecule has 2 amide bonds. The van der Waals surface area contributed by atoms with Crippen molar-refractivity contribution in [3.63, 3.8) is 0 Å². The van der Waals surface area contributed by atoms with E-state index < -0.39 is 0 Å².